The third-order valence-corrected chi connectivity index (χ3v) is 5.17. The average Bonchev–Trinajstić information content (AvgIpc) is 3.41. The zero-order valence-electron chi connectivity index (χ0n) is 16.8. The Kier molecular flexibility index (Phi) is 5.44. The van der Waals surface area contributed by atoms with Gasteiger partial charge in [0.2, 0.25) is 0 Å². The SMILES string of the molecule is O=C1C(=O)N(Cc2ccco2)C(c2cccc([N+](=O)[O-])c2)C1=C(O)c1cccc([N+](=O)[O-])c1. The standard InChI is InChI=1S/C22H15N3O8/c26-20(14-5-2-7-16(11-14)25(31)32)18-19(13-4-1-6-15(10-13)24(29)30)23(22(28)21(18)27)12-17-8-3-9-33-17/h1-11,19,26H,12H2. The van der Waals surface area contributed by atoms with Crippen molar-refractivity contribution in [2.75, 3.05) is 0 Å². The highest BCUT2D eigenvalue weighted by Crippen LogP contribution is 2.41. The van der Waals surface area contributed by atoms with Gasteiger partial charge in [0.1, 0.15) is 11.5 Å². The van der Waals surface area contributed by atoms with Gasteiger partial charge in [-0.2, -0.15) is 0 Å². The molecule has 11 heteroatoms. The number of nitrogens with zero attached hydrogens (tertiary/aromatic N) is 3. The molecule has 0 bridgehead atoms. The Morgan fingerprint density at radius 1 is 0.970 bits per heavy atom. The highest BCUT2D eigenvalue weighted by Gasteiger charge is 2.46. The van der Waals surface area contributed by atoms with Crippen LogP contribution in [-0.4, -0.2) is 31.5 Å². The van der Waals surface area contributed by atoms with Gasteiger partial charge in [0, 0.05) is 29.8 Å². The zero-order valence-corrected chi connectivity index (χ0v) is 16.8. The van der Waals surface area contributed by atoms with Gasteiger partial charge in [-0.3, -0.25) is 29.8 Å². The Morgan fingerprint density at radius 2 is 1.64 bits per heavy atom. The molecule has 1 unspecified atom stereocenters. The van der Waals surface area contributed by atoms with E-state index in [0.717, 1.165) is 11.0 Å². The number of nitro groups is 2. The van der Waals surface area contributed by atoms with E-state index in [-0.39, 0.29) is 34.6 Å². The molecule has 1 atom stereocenters. The summed E-state index contributed by atoms with van der Waals surface area (Å²) < 4.78 is 5.28. The number of aliphatic hydroxyl groups excluding tert-OH is 1. The van der Waals surface area contributed by atoms with Crippen molar-refractivity contribution in [3.05, 3.63) is 110 Å². The largest absolute Gasteiger partial charge is 0.507 e. The van der Waals surface area contributed by atoms with Gasteiger partial charge in [-0.05, 0) is 17.7 Å². The maximum Gasteiger partial charge on any atom is 0.296 e. The van der Waals surface area contributed by atoms with Crippen molar-refractivity contribution >= 4 is 28.8 Å². The number of Topliss-reactive ketones (excluding diaryl/α,β-unsaturated/α-hetero) is 1. The van der Waals surface area contributed by atoms with Crippen LogP contribution in [0.4, 0.5) is 11.4 Å². The maximum atomic E-state index is 13.0. The van der Waals surface area contributed by atoms with Gasteiger partial charge >= 0.3 is 0 Å². The van der Waals surface area contributed by atoms with Crippen LogP contribution in [0, 0.1) is 20.2 Å². The Morgan fingerprint density at radius 3 is 2.27 bits per heavy atom. The summed E-state index contributed by atoms with van der Waals surface area (Å²) in [5.41, 5.74) is -0.771. The van der Waals surface area contributed by atoms with E-state index in [2.05, 4.69) is 0 Å². The molecule has 1 aliphatic rings. The van der Waals surface area contributed by atoms with Gasteiger partial charge in [0.15, 0.2) is 0 Å². The minimum atomic E-state index is -1.19. The molecule has 0 radical (unpaired) electrons. The fourth-order valence-electron chi connectivity index (χ4n) is 3.69. The lowest BCUT2D eigenvalue weighted by atomic mass is 9.95. The summed E-state index contributed by atoms with van der Waals surface area (Å²) in [6, 6.07) is 12.3. The number of rotatable bonds is 6. The number of hydrogen-bond acceptors (Lipinski definition) is 8. The van der Waals surface area contributed by atoms with Crippen molar-refractivity contribution in [2.24, 2.45) is 0 Å². The van der Waals surface area contributed by atoms with Gasteiger partial charge in [-0.15, -0.1) is 0 Å². The molecule has 1 amide bonds. The van der Waals surface area contributed by atoms with Crippen molar-refractivity contribution in [3.8, 4) is 0 Å². The van der Waals surface area contributed by atoms with Crippen LogP contribution in [0.3, 0.4) is 0 Å². The molecule has 0 aliphatic carbocycles. The summed E-state index contributed by atoms with van der Waals surface area (Å²) in [6.45, 7) is -0.142. The number of carbonyl (C=O) groups is 2. The minimum absolute atomic E-state index is 0.0457. The molecule has 1 aromatic heterocycles. The number of nitro benzene ring substituents is 2. The minimum Gasteiger partial charge on any atom is -0.507 e. The van der Waals surface area contributed by atoms with Crippen LogP contribution in [0.1, 0.15) is 22.9 Å². The lowest BCUT2D eigenvalue weighted by Crippen LogP contribution is -2.29. The number of benzene rings is 2. The average molecular weight is 449 g/mol. The lowest BCUT2D eigenvalue weighted by molar-refractivity contribution is -0.385. The maximum absolute atomic E-state index is 13.0. The first kappa shape index (κ1) is 21.4. The number of likely N-dealkylation sites (tertiary alicyclic amines) is 1. The molecule has 0 saturated carbocycles. The first-order chi connectivity index (χ1) is 15.8. The van der Waals surface area contributed by atoms with E-state index >= 15 is 0 Å². The summed E-state index contributed by atoms with van der Waals surface area (Å²) in [4.78, 5) is 48.1. The van der Waals surface area contributed by atoms with Gasteiger partial charge in [0.05, 0.1) is 34.3 Å². The van der Waals surface area contributed by atoms with E-state index in [1.54, 1.807) is 12.1 Å². The van der Waals surface area contributed by atoms with E-state index < -0.39 is 33.3 Å². The van der Waals surface area contributed by atoms with Crippen LogP contribution in [0.25, 0.3) is 5.76 Å². The predicted molar refractivity (Wildman–Crippen MR) is 113 cm³/mol. The van der Waals surface area contributed by atoms with Gasteiger partial charge in [0.25, 0.3) is 23.1 Å². The molecule has 1 aliphatic heterocycles. The number of amides is 1. The van der Waals surface area contributed by atoms with Crippen LogP contribution >= 0.6 is 0 Å². The topological polar surface area (TPSA) is 157 Å². The van der Waals surface area contributed by atoms with Crippen LogP contribution < -0.4 is 0 Å². The van der Waals surface area contributed by atoms with Gasteiger partial charge < -0.3 is 14.4 Å². The van der Waals surface area contributed by atoms with E-state index in [1.165, 1.54) is 48.7 Å². The summed E-state index contributed by atoms with van der Waals surface area (Å²) >= 11 is 0. The molecule has 11 nitrogen and oxygen atoms in total. The van der Waals surface area contributed by atoms with E-state index in [9.17, 15) is 34.9 Å². The summed E-state index contributed by atoms with van der Waals surface area (Å²) in [5, 5.41) is 33.4. The Labute approximate surface area is 185 Å². The van der Waals surface area contributed by atoms with Crippen molar-refractivity contribution in [1.29, 1.82) is 0 Å². The number of carbonyl (C=O) groups excluding carboxylic acids is 2. The molecular weight excluding hydrogens is 434 g/mol. The number of ketones is 1. The number of furan rings is 1. The predicted octanol–water partition coefficient (Wildman–Crippen LogP) is 3.72. The normalized spacial score (nSPS) is 17.3. The molecule has 1 fully saturated rings. The number of hydrogen-bond donors (Lipinski definition) is 1. The zero-order chi connectivity index (χ0) is 23.7. The van der Waals surface area contributed by atoms with Gasteiger partial charge in [-0.1, -0.05) is 24.3 Å². The number of non-ortho nitro benzene ring substituents is 2. The van der Waals surface area contributed by atoms with E-state index in [0.29, 0.717) is 5.76 Å². The molecule has 4 rings (SSSR count). The smallest absolute Gasteiger partial charge is 0.296 e. The summed E-state index contributed by atoms with van der Waals surface area (Å²) in [5.74, 6) is -2.25. The van der Waals surface area contributed by atoms with Crippen molar-refractivity contribution in [2.45, 2.75) is 12.6 Å². The molecule has 33 heavy (non-hydrogen) atoms. The van der Waals surface area contributed by atoms with Crippen molar-refractivity contribution < 1.29 is 29.0 Å². The van der Waals surface area contributed by atoms with Crippen LogP contribution in [0.15, 0.2) is 76.9 Å². The highest BCUT2D eigenvalue weighted by molar-refractivity contribution is 6.46. The molecule has 1 N–H and O–H groups in total. The third-order valence-electron chi connectivity index (χ3n) is 5.17. The Balaban J connectivity index is 1.91. The molecule has 3 aromatic rings. The first-order valence-corrected chi connectivity index (χ1v) is 9.58. The quantitative estimate of drug-likeness (QED) is 0.196. The summed E-state index contributed by atoms with van der Waals surface area (Å²) in [7, 11) is 0. The second-order valence-electron chi connectivity index (χ2n) is 7.17. The third kappa shape index (κ3) is 3.94. The monoisotopic (exact) mass is 449 g/mol. The molecule has 2 heterocycles. The van der Waals surface area contributed by atoms with Crippen LogP contribution in [0.2, 0.25) is 0 Å². The van der Waals surface area contributed by atoms with E-state index in [4.69, 9.17) is 4.42 Å². The second-order valence-corrected chi connectivity index (χ2v) is 7.17. The first-order valence-electron chi connectivity index (χ1n) is 9.58. The Hall–Kier alpha value is -4.80. The molecule has 2 aromatic carbocycles. The fourth-order valence-corrected chi connectivity index (χ4v) is 3.69. The second kappa shape index (κ2) is 8.38. The van der Waals surface area contributed by atoms with Crippen molar-refractivity contribution in [1.82, 2.24) is 4.90 Å². The van der Waals surface area contributed by atoms with Crippen LogP contribution in [0.5, 0.6) is 0 Å². The molecule has 0 spiro atoms. The molecular formula is C22H15N3O8. The lowest BCUT2D eigenvalue weighted by Gasteiger charge is -2.24. The summed E-state index contributed by atoms with van der Waals surface area (Å²) in [6.07, 6.45) is 1.39. The number of aliphatic hydroxyl groups is 1. The van der Waals surface area contributed by atoms with Crippen LogP contribution in [-0.2, 0) is 16.1 Å². The van der Waals surface area contributed by atoms with Gasteiger partial charge in [-0.25, -0.2) is 0 Å². The highest BCUT2D eigenvalue weighted by atomic mass is 16.6. The molecule has 166 valence electrons. The van der Waals surface area contributed by atoms with E-state index in [1.807, 2.05) is 0 Å². The fraction of sp³-hybridized carbons (Fsp3) is 0.0909. The molecule has 1 saturated heterocycles. The Bertz CT molecular complexity index is 1310. The van der Waals surface area contributed by atoms with Crippen molar-refractivity contribution in [3.63, 3.8) is 0 Å².